The molecule has 148 valence electrons. The van der Waals surface area contributed by atoms with Crippen LogP contribution in [0, 0.1) is 0 Å². The fourth-order valence-electron chi connectivity index (χ4n) is 3.57. The molecule has 0 radical (unpaired) electrons. The zero-order valence-electron chi connectivity index (χ0n) is 16.3. The molecule has 1 saturated carbocycles. The van der Waals surface area contributed by atoms with Gasteiger partial charge in [-0.15, -0.1) is 6.58 Å². The molecule has 0 aromatic heterocycles. The van der Waals surface area contributed by atoms with Gasteiger partial charge in [-0.2, -0.15) is 0 Å². The number of nitrogens with zero attached hydrogens (tertiary/aromatic N) is 2. The number of carbonyl (C=O) groups is 3. The third-order valence-electron chi connectivity index (χ3n) is 5.29. The van der Waals surface area contributed by atoms with Crippen molar-refractivity contribution in [3.05, 3.63) is 77.4 Å². The molecule has 1 aliphatic heterocycles. The van der Waals surface area contributed by atoms with Gasteiger partial charge in [-0.25, -0.2) is 0 Å². The SMILES string of the molecule is C=CCN1C(=O)c2ccc(C(=O)N(Cc3ccc(OC)cc3)C3CC3)cc2C1=O. The summed E-state index contributed by atoms with van der Waals surface area (Å²) in [5.74, 6) is -0.0914. The highest BCUT2D eigenvalue weighted by Crippen LogP contribution is 2.31. The zero-order valence-corrected chi connectivity index (χ0v) is 16.3. The summed E-state index contributed by atoms with van der Waals surface area (Å²) in [6, 6.07) is 12.6. The summed E-state index contributed by atoms with van der Waals surface area (Å²) in [6.07, 6.45) is 3.45. The van der Waals surface area contributed by atoms with Crippen LogP contribution in [0.2, 0.25) is 0 Å². The molecule has 4 rings (SSSR count). The lowest BCUT2D eigenvalue weighted by Gasteiger charge is -2.23. The summed E-state index contributed by atoms with van der Waals surface area (Å²) in [5, 5.41) is 0. The molecule has 0 N–H and O–H groups in total. The molecule has 29 heavy (non-hydrogen) atoms. The molecule has 0 saturated heterocycles. The van der Waals surface area contributed by atoms with E-state index < -0.39 is 0 Å². The van der Waals surface area contributed by atoms with E-state index in [9.17, 15) is 14.4 Å². The van der Waals surface area contributed by atoms with Crippen molar-refractivity contribution in [2.75, 3.05) is 13.7 Å². The number of amides is 3. The summed E-state index contributed by atoms with van der Waals surface area (Å²) in [6.45, 7) is 4.23. The molecular weight excluding hydrogens is 368 g/mol. The molecular formula is C23H22N2O4. The fraction of sp³-hybridized carbons (Fsp3) is 0.261. The maximum Gasteiger partial charge on any atom is 0.261 e. The minimum atomic E-state index is -0.382. The zero-order chi connectivity index (χ0) is 20.5. The van der Waals surface area contributed by atoms with Gasteiger partial charge in [0.05, 0.1) is 18.2 Å². The second-order valence-electron chi connectivity index (χ2n) is 7.28. The van der Waals surface area contributed by atoms with E-state index in [1.54, 1.807) is 25.3 Å². The van der Waals surface area contributed by atoms with Crippen LogP contribution in [0.1, 0.15) is 49.5 Å². The predicted octanol–water partition coefficient (Wildman–Crippen LogP) is 3.28. The number of benzene rings is 2. The smallest absolute Gasteiger partial charge is 0.261 e. The average Bonchev–Trinajstić information content (AvgIpc) is 3.56. The van der Waals surface area contributed by atoms with Gasteiger partial charge in [-0.05, 0) is 48.7 Å². The first-order valence-corrected chi connectivity index (χ1v) is 9.58. The van der Waals surface area contributed by atoms with E-state index in [1.165, 1.54) is 6.08 Å². The molecule has 0 bridgehead atoms. The van der Waals surface area contributed by atoms with Gasteiger partial charge < -0.3 is 9.64 Å². The first-order chi connectivity index (χ1) is 14.0. The standard InChI is InChI=1S/C23H22N2O4/c1-3-12-24-22(27)19-11-6-16(13-20(19)23(24)28)21(26)25(17-7-8-17)14-15-4-9-18(29-2)10-5-15/h3-6,9-11,13,17H,1,7-8,12,14H2,2H3. The Bertz CT molecular complexity index is 992. The Morgan fingerprint density at radius 1 is 1.14 bits per heavy atom. The van der Waals surface area contributed by atoms with Gasteiger partial charge >= 0.3 is 0 Å². The highest BCUT2D eigenvalue weighted by Gasteiger charge is 2.37. The number of hydrogen-bond acceptors (Lipinski definition) is 4. The van der Waals surface area contributed by atoms with E-state index in [0.29, 0.717) is 17.7 Å². The van der Waals surface area contributed by atoms with Crippen LogP contribution in [0.25, 0.3) is 0 Å². The Balaban J connectivity index is 1.59. The predicted molar refractivity (Wildman–Crippen MR) is 108 cm³/mol. The van der Waals surface area contributed by atoms with Gasteiger partial charge in [0.25, 0.3) is 17.7 Å². The third-order valence-corrected chi connectivity index (χ3v) is 5.29. The maximum atomic E-state index is 13.2. The van der Waals surface area contributed by atoms with Crippen LogP contribution >= 0.6 is 0 Å². The van der Waals surface area contributed by atoms with Crippen LogP contribution in [0.4, 0.5) is 0 Å². The molecule has 2 aliphatic rings. The number of imide groups is 1. The van der Waals surface area contributed by atoms with E-state index in [4.69, 9.17) is 4.74 Å². The van der Waals surface area contributed by atoms with Gasteiger partial charge in [0.1, 0.15) is 5.75 Å². The van der Waals surface area contributed by atoms with Gasteiger partial charge in [-0.1, -0.05) is 18.2 Å². The van der Waals surface area contributed by atoms with E-state index in [2.05, 4.69) is 6.58 Å². The van der Waals surface area contributed by atoms with Crippen LogP contribution in [0.3, 0.4) is 0 Å². The van der Waals surface area contributed by atoms with Crippen molar-refractivity contribution >= 4 is 17.7 Å². The van der Waals surface area contributed by atoms with Crippen molar-refractivity contribution in [2.24, 2.45) is 0 Å². The number of carbonyl (C=O) groups excluding carboxylic acids is 3. The topological polar surface area (TPSA) is 66.9 Å². The molecule has 0 atom stereocenters. The number of rotatable bonds is 7. The minimum absolute atomic E-state index is 0.131. The van der Waals surface area contributed by atoms with E-state index in [-0.39, 0.29) is 35.9 Å². The van der Waals surface area contributed by atoms with Crippen molar-refractivity contribution in [2.45, 2.75) is 25.4 Å². The largest absolute Gasteiger partial charge is 0.497 e. The van der Waals surface area contributed by atoms with Crippen molar-refractivity contribution in [1.29, 1.82) is 0 Å². The highest BCUT2D eigenvalue weighted by atomic mass is 16.5. The second kappa shape index (κ2) is 7.54. The van der Waals surface area contributed by atoms with Crippen molar-refractivity contribution in [1.82, 2.24) is 9.80 Å². The van der Waals surface area contributed by atoms with Crippen molar-refractivity contribution in [3.8, 4) is 5.75 Å². The van der Waals surface area contributed by atoms with Gasteiger partial charge in [-0.3, -0.25) is 19.3 Å². The minimum Gasteiger partial charge on any atom is -0.497 e. The molecule has 2 aromatic rings. The lowest BCUT2D eigenvalue weighted by molar-refractivity contribution is 0.0671. The Morgan fingerprint density at radius 2 is 1.83 bits per heavy atom. The summed E-state index contributed by atoms with van der Waals surface area (Å²) in [4.78, 5) is 41.1. The van der Waals surface area contributed by atoms with Gasteiger partial charge in [0.2, 0.25) is 0 Å². The lowest BCUT2D eigenvalue weighted by Crippen LogP contribution is -2.32. The van der Waals surface area contributed by atoms with Crippen molar-refractivity contribution in [3.63, 3.8) is 0 Å². The van der Waals surface area contributed by atoms with Crippen LogP contribution in [-0.4, -0.2) is 47.2 Å². The summed E-state index contributed by atoms with van der Waals surface area (Å²) < 4.78 is 5.19. The molecule has 2 aromatic carbocycles. The number of fused-ring (bicyclic) bond motifs is 1. The summed E-state index contributed by atoms with van der Waals surface area (Å²) in [5.41, 5.74) is 2.05. The number of ether oxygens (including phenoxy) is 1. The molecule has 6 heteroatoms. The normalized spacial score (nSPS) is 15.3. The number of hydrogen-bond donors (Lipinski definition) is 0. The second-order valence-corrected chi connectivity index (χ2v) is 7.28. The van der Waals surface area contributed by atoms with E-state index >= 15 is 0 Å². The highest BCUT2D eigenvalue weighted by molar-refractivity contribution is 6.22. The fourth-order valence-corrected chi connectivity index (χ4v) is 3.57. The first-order valence-electron chi connectivity index (χ1n) is 9.58. The Labute approximate surface area is 169 Å². The van der Waals surface area contributed by atoms with Crippen LogP contribution < -0.4 is 4.74 Å². The number of methoxy groups -OCH3 is 1. The molecule has 0 unspecified atom stereocenters. The summed E-state index contributed by atoms with van der Waals surface area (Å²) in [7, 11) is 1.62. The molecule has 1 heterocycles. The van der Waals surface area contributed by atoms with Crippen LogP contribution in [0.5, 0.6) is 5.75 Å². The molecule has 3 amide bonds. The third kappa shape index (κ3) is 3.53. The van der Waals surface area contributed by atoms with Crippen LogP contribution in [-0.2, 0) is 6.54 Å². The van der Waals surface area contributed by atoms with E-state index in [0.717, 1.165) is 29.1 Å². The molecule has 1 aliphatic carbocycles. The maximum absolute atomic E-state index is 13.2. The monoisotopic (exact) mass is 390 g/mol. The van der Waals surface area contributed by atoms with E-state index in [1.807, 2.05) is 29.2 Å². The quantitative estimate of drug-likeness (QED) is 0.538. The Morgan fingerprint density at radius 3 is 2.45 bits per heavy atom. The van der Waals surface area contributed by atoms with Crippen molar-refractivity contribution < 1.29 is 19.1 Å². The van der Waals surface area contributed by atoms with Gasteiger partial charge in [0, 0.05) is 24.7 Å². The molecule has 0 spiro atoms. The first kappa shape index (κ1) is 18.9. The summed E-state index contributed by atoms with van der Waals surface area (Å²) >= 11 is 0. The Kier molecular flexibility index (Phi) is 4.92. The lowest BCUT2D eigenvalue weighted by atomic mass is 10.0. The molecule has 6 nitrogen and oxygen atoms in total. The Hall–Kier alpha value is -3.41. The van der Waals surface area contributed by atoms with Gasteiger partial charge in [0.15, 0.2) is 0 Å². The average molecular weight is 390 g/mol. The van der Waals surface area contributed by atoms with Crippen LogP contribution in [0.15, 0.2) is 55.1 Å². The molecule has 1 fully saturated rings.